The van der Waals surface area contributed by atoms with Gasteiger partial charge < -0.3 is 5.73 Å². The Morgan fingerprint density at radius 2 is 2.00 bits per heavy atom. The van der Waals surface area contributed by atoms with E-state index in [1.54, 1.807) is 5.56 Å². The zero-order valence-electron chi connectivity index (χ0n) is 11.7. The summed E-state index contributed by atoms with van der Waals surface area (Å²) in [4.78, 5) is 0. The van der Waals surface area contributed by atoms with Crippen LogP contribution in [-0.4, -0.2) is 6.54 Å². The maximum Gasteiger partial charge on any atom is -0.00430 e. The molecule has 1 fully saturated rings. The lowest BCUT2D eigenvalue weighted by Crippen LogP contribution is -2.21. The molecule has 0 heterocycles. The van der Waals surface area contributed by atoms with Crippen molar-refractivity contribution < 1.29 is 0 Å². The monoisotopic (exact) mass is 245 g/mol. The first-order valence-corrected chi connectivity index (χ1v) is 7.64. The molecule has 0 aromatic heterocycles. The fourth-order valence-electron chi connectivity index (χ4n) is 3.37. The molecule has 1 aliphatic carbocycles. The minimum atomic E-state index is 0.698. The maximum absolute atomic E-state index is 6.00. The molecule has 1 saturated carbocycles. The maximum atomic E-state index is 6.00. The van der Waals surface area contributed by atoms with Gasteiger partial charge in [0.1, 0.15) is 0 Å². The number of hydrogen-bond donors (Lipinski definition) is 1. The zero-order valence-corrected chi connectivity index (χ0v) is 11.7. The molecule has 1 aromatic rings. The highest BCUT2D eigenvalue weighted by Gasteiger charge is 2.23. The molecule has 1 nitrogen and oxygen atoms in total. The Bertz CT molecular complexity index is 358. The summed E-state index contributed by atoms with van der Waals surface area (Å²) in [7, 11) is 0. The lowest BCUT2D eigenvalue weighted by molar-refractivity contribution is 0.408. The number of rotatable bonds is 4. The lowest BCUT2D eigenvalue weighted by atomic mass is 9.82. The fourth-order valence-corrected chi connectivity index (χ4v) is 3.37. The smallest absolute Gasteiger partial charge is 0.00430 e. The van der Waals surface area contributed by atoms with E-state index in [0.717, 1.165) is 6.54 Å². The van der Waals surface area contributed by atoms with Gasteiger partial charge in [0, 0.05) is 0 Å². The van der Waals surface area contributed by atoms with Crippen molar-refractivity contribution in [2.24, 2.45) is 11.7 Å². The number of benzene rings is 1. The molecule has 2 unspecified atom stereocenters. The van der Waals surface area contributed by atoms with E-state index in [-0.39, 0.29) is 0 Å². The van der Waals surface area contributed by atoms with Gasteiger partial charge in [0.05, 0.1) is 0 Å². The molecule has 0 amide bonds. The molecular weight excluding hydrogens is 218 g/mol. The topological polar surface area (TPSA) is 26.0 Å². The molecule has 1 heteroatoms. The van der Waals surface area contributed by atoms with E-state index in [1.165, 1.54) is 50.5 Å². The van der Waals surface area contributed by atoms with E-state index in [0.29, 0.717) is 11.8 Å². The number of nitrogens with two attached hydrogens (primary N) is 1. The van der Waals surface area contributed by atoms with E-state index in [4.69, 9.17) is 5.73 Å². The van der Waals surface area contributed by atoms with Crippen molar-refractivity contribution in [2.45, 2.75) is 57.8 Å². The van der Waals surface area contributed by atoms with Crippen molar-refractivity contribution >= 4 is 0 Å². The standard InChI is InChI=1S/C17H27N/c1-2-7-14-8-6-10-15(12-14)17-11-5-3-4-9-16(17)13-18/h6,8,10,12,16-17H,2-5,7,9,11,13,18H2,1H3. The van der Waals surface area contributed by atoms with Crippen LogP contribution >= 0.6 is 0 Å². The van der Waals surface area contributed by atoms with Gasteiger partial charge in [-0.1, -0.05) is 56.9 Å². The largest absolute Gasteiger partial charge is 0.330 e. The Balaban J connectivity index is 2.18. The van der Waals surface area contributed by atoms with Crippen LogP contribution in [0.3, 0.4) is 0 Å². The van der Waals surface area contributed by atoms with Gasteiger partial charge in [0.15, 0.2) is 0 Å². The summed E-state index contributed by atoms with van der Waals surface area (Å²) < 4.78 is 0. The Kier molecular flexibility index (Phi) is 5.25. The molecule has 0 bridgehead atoms. The third kappa shape index (κ3) is 3.35. The van der Waals surface area contributed by atoms with Crippen molar-refractivity contribution in [1.82, 2.24) is 0 Å². The van der Waals surface area contributed by atoms with Gasteiger partial charge in [-0.2, -0.15) is 0 Å². The van der Waals surface area contributed by atoms with Crippen LogP contribution in [0.25, 0.3) is 0 Å². The normalized spacial score (nSPS) is 24.8. The van der Waals surface area contributed by atoms with E-state index >= 15 is 0 Å². The van der Waals surface area contributed by atoms with Gasteiger partial charge in [-0.25, -0.2) is 0 Å². The number of aryl methyl sites for hydroxylation is 1. The van der Waals surface area contributed by atoms with E-state index in [9.17, 15) is 0 Å². The first-order valence-electron chi connectivity index (χ1n) is 7.64. The van der Waals surface area contributed by atoms with Gasteiger partial charge in [0.2, 0.25) is 0 Å². The van der Waals surface area contributed by atoms with Crippen LogP contribution in [0.5, 0.6) is 0 Å². The molecule has 0 spiro atoms. The molecule has 0 saturated heterocycles. The molecule has 1 aliphatic rings. The molecule has 1 aromatic carbocycles. The van der Waals surface area contributed by atoms with Crippen molar-refractivity contribution in [1.29, 1.82) is 0 Å². The highest BCUT2D eigenvalue weighted by molar-refractivity contribution is 5.27. The van der Waals surface area contributed by atoms with Gasteiger partial charge >= 0.3 is 0 Å². The molecule has 2 atom stereocenters. The van der Waals surface area contributed by atoms with Crippen molar-refractivity contribution in [2.75, 3.05) is 6.54 Å². The lowest BCUT2D eigenvalue weighted by Gasteiger charge is -2.24. The summed E-state index contributed by atoms with van der Waals surface area (Å²) in [6, 6.07) is 9.25. The predicted molar refractivity (Wildman–Crippen MR) is 78.8 cm³/mol. The average molecular weight is 245 g/mol. The quantitative estimate of drug-likeness (QED) is 0.788. The second-order valence-corrected chi connectivity index (χ2v) is 5.74. The summed E-state index contributed by atoms with van der Waals surface area (Å²) >= 11 is 0. The summed E-state index contributed by atoms with van der Waals surface area (Å²) in [6.07, 6.45) is 9.22. The average Bonchev–Trinajstić information content (AvgIpc) is 2.64. The van der Waals surface area contributed by atoms with Gasteiger partial charge in [-0.15, -0.1) is 0 Å². The molecule has 100 valence electrons. The third-order valence-electron chi connectivity index (χ3n) is 4.38. The Morgan fingerprint density at radius 3 is 2.78 bits per heavy atom. The SMILES string of the molecule is CCCc1cccc(C2CCCCCC2CN)c1. The van der Waals surface area contributed by atoms with Crippen LogP contribution in [0, 0.1) is 5.92 Å². The Morgan fingerprint density at radius 1 is 1.17 bits per heavy atom. The zero-order chi connectivity index (χ0) is 12.8. The first-order chi connectivity index (χ1) is 8.85. The van der Waals surface area contributed by atoms with Crippen LogP contribution in [0.1, 0.15) is 62.5 Å². The van der Waals surface area contributed by atoms with Gasteiger partial charge in [0.25, 0.3) is 0 Å². The minimum Gasteiger partial charge on any atom is -0.330 e. The van der Waals surface area contributed by atoms with E-state index in [1.807, 2.05) is 0 Å². The summed E-state index contributed by atoms with van der Waals surface area (Å²) in [5.41, 5.74) is 9.03. The summed E-state index contributed by atoms with van der Waals surface area (Å²) in [6.45, 7) is 3.10. The van der Waals surface area contributed by atoms with Gasteiger partial charge in [-0.05, 0) is 48.8 Å². The molecular formula is C17H27N. The van der Waals surface area contributed by atoms with Crippen LogP contribution in [0.15, 0.2) is 24.3 Å². The Hall–Kier alpha value is -0.820. The van der Waals surface area contributed by atoms with Crippen molar-refractivity contribution in [3.8, 4) is 0 Å². The number of hydrogen-bond acceptors (Lipinski definition) is 1. The first kappa shape index (κ1) is 13.6. The van der Waals surface area contributed by atoms with E-state index in [2.05, 4.69) is 31.2 Å². The molecule has 2 rings (SSSR count). The minimum absolute atomic E-state index is 0.698. The van der Waals surface area contributed by atoms with Crippen LogP contribution in [0.4, 0.5) is 0 Å². The second-order valence-electron chi connectivity index (χ2n) is 5.74. The van der Waals surface area contributed by atoms with E-state index < -0.39 is 0 Å². The van der Waals surface area contributed by atoms with Crippen molar-refractivity contribution in [3.63, 3.8) is 0 Å². The Labute approximate surface area is 112 Å². The molecule has 18 heavy (non-hydrogen) atoms. The molecule has 0 aliphatic heterocycles. The second kappa shape index (κ2) is 6.94. The van der Waals surface area contributed by atoms with Crippen molar-refractivity contribution in [3.05, 3.63) is 35.4 Å². The molecule has 0 radical (unpaired) electrons. The fraction of sp³-hybridized carbons (Fsp3) is 0.647. The molecule has 2 N–H and O–H groups in total. The summed E-state index contributed by atoms with van der Waals surface area (Å²) in [5, 5.41) is 0. The predicted octanol–water partition coefficient (Wildman–Crippen LogP) is 4.26. The highest BCUT2D eigenvalue weighted by atomic mass is 14.6. The third-order valence-corrected chi connectivity index (χ3v) is 4.38. The van der Waals surface area contributed by atoms with Crippen LogP contribution < -0.4 is 5.73 Å². The highest BCUT2D eigenvalue weighted by Crippen LogP contribution is 2.36. The summed E-state index contributed by atoms with van der Waals surface area (Å²) in [5.74, 6) is 1.40. The van der Waals surface area contributed by atoms with Crippen LogP contribution in [-0.2, 0) is 6.42 Å². The van der Waals surface area contributed by atoms with Gasteiger partial charge in [-0.3, -0.25) is 0 Å². The van der Waals surface area contributed by atoms with Crippen LogP contribution in [0.2, 0.25) is 0 Å².